The van der Waals surface area contributed by atoms with Crippen LogP contribution in [0.15, 0.2) is 54.6 Å². The molecule has 1 N–H and O–H groups in total. The summed E-state index contributed by atoms with van der Waals surface area (Å²) in [6, 6.07) is 19.1. The third-order valence-corrected chi connectivity index (χ3v) is 4.96. The molecule has 0 saturated heterocycles. The van der Waals surface area contributed by atoms with Gasteiger partial charge in [0.25, 0.3) is 0 Å². The summed E-state index contributed by atoms with van der Waals surface area (Å²) in [4.78, 5) is 0. The van der Waals surface area contributed by atoms with Gasteiger partial charge in [0.1, 0.15) is 5.75 Å². The van der Waals surface area contributed by atoms with Crippen LogP contribution in [0, 0.1) is 11.8 Å². The summed E-state index contributed by atoms with van der Waals surface area (Å²) in [6.45, 7) is 0.869. The average molecular weight is 309 g/mol. The van der Waals surface area contributed by atoms with Crippen LogP contribution in [-0.4, -0.2) is 13.7 Å². The fourth-order valence-electron chi connectivity index (χ4n) is 3.47. The fourth-order valence-corrected chi connectivity index (χ4v) is 3.47. The lowest BCUT2D eigenvalue weighted by Crippen LogP contribution is -2.21. The molecule has 2 aromatic rings. The Morgan fingerprint density at radius 1 is 0.870 bits per heavy atom. The van der Waals surface area contributed by atoms with Crippen LogP contribution in [0.1, 0.15) is 31.2 Å². The Morgan fingerprint density at radius 2 is 1.52 bits per heavy atom. The number of ether oxygens (including phenoxy) is 1. The van der Waals surface area contributed by atoms with Crippen LogP contribution in [0.3, 0.4) is 0 Å². The second-order valence-corrected chi connectivity index (χ2v) is 6.66. The van der Waals surface area contributed by atoms with E-state index in [-0.39, 0.29) is 0 Å². The molecule has 0 amide bonds. The maximum absolute atomic E-state index is 5.92. The molecule has 0 aromatic heterocycles. The third kappa shape index (κ3) is 4.75. The van der Waals surface area contributed by atoms with E-state index in [1.807, 2.05) is 37.4 Å². The minimum absolute atomic E-state index is 0.720. The molecule has 0 radical (unpaired) electrons. The van der Waals surface area contributed by atoms with Crippen molar-refractivity contribution in [3.63, 3.8) is 0 Å². The predicted octanol–water partition coefficient (Wildman–Crippen LogP) is 5.16. The lowest BCUT2D eigenvalue weighted by atomic mass is 9.79. The Hall–Kier alpha value is -1.96. The predicted molar refractivity (Wildman–Crippen MR) is 97.1 cm³/mol. The molecule has 3 rings (SSSR count). The number of hydrogen-bond acceptors (Lipinski definition) is 2. The van der Waals surface area contributed by atoms with Crippen LogP contribution in [0.5, 0.6) is 5.75 Å². The lowest BCUT2D eigenvalue weighted by molar-refractivity contribution is 0.182. The van der Waals surface area contributed by atoms with Crippen molar-refractivity contribution < 1.29 is 4.74 Å². The van der Waals surface area contributed by atoms with Gasteiger partial charge < -0.3 is 10.1 Å². The van der Waals surface area contributed by atoms with Gasteiger partial charge in [-0.25, -0.2) is 0 Å². The largest absolute Gasteiger partial charge is 0.493 e. The minimum atomic E-state index is 0.720. The van der Waals surface area contributed by atoms with Crippen LogP contribution in [0.2, 0.25) is 0 Å². The second-order valence-electron chi connectivity index (χ2n) is 6.66. The zero-order valence-electron chi connectivity index (χ0n) is 14.0. The molecule has 2 nitrogen and oxygen atoms in total. The second kappa shape index (κ2) is 8.05. The summed E-state index contributed by atoms with van der Waals surface area (Å²) in [5, 5.41) is 3.18. The van der Waals surface area contributed by atoms with Gasteiger partial charge in [0.05, 0.1) is 6.61 Å². The topological polar surface area (TPSA) is 21.3 Å². The molecule has 0 unspecified atom stereocenters. The Kier molecular flexibility index (Phi) is 5.57. The van der Waals surface area contributed by atoms with Crippen molar-refractivity contribution in [3.8, 4) is 5.75 Å². The van der Waals surface area contributed by atoms with Gasteiger partial charge >= 0.3 is 0 Å². The Labute approximate surface area is 139 Å². The van der Waals surface area contributed by atoms with E-state index in [9.17, 15) is 0 Å². The summed E-state index contributed by atoms with van der Waals surface area (Å²) in [6.07, 6.45) is 6.47. The zero-order chi connectivity index (χ0) is 15.9. The van der Waals surface area contributed by atoms with Gasteiger partial charge in [-0.3, -0.25) is 0 Å². The van der Waals surface area contributed by atoms with E-state index in [0.29, 0.717) is 0 Å². The molecule has 0 atom stereocenters. The maximum atomic E-state index is 5.92. The molecular weight excluding hydrogens is 282 g/mol. The summed E-state index contributed by atoms with van der Waals surface area (Å²) in [5.41, 5.74) is 2.66. The number of nitrogens with one attached hydrogen (secondary N) is 1. The Morgan fingerprint density at radius 3 is 2.17 bits per heavy atom. The van der Waals surface area contributed by atoms with E-state index < -0.39 is 0 Å². The van der Waals surface area contributed by atoms with Crippen molar-refractivity contribution in [2.24, 2.45) is 11.8 Å². The van der Waals surface area contributed by atoms with Crippen molar-refractivity contribution in [1.29, 1.82) is 0 Å². The highest BCUT2D eigenvalue weighted by Gasteiger charge is 2.21. The fraction of sp³-hybridized carbons (Fsp3) is 0.429. The van der Waals surface area contributed by atoms with Crippen molar-refractivity contribution in [2.75, 3.05) is 19.0 Å². The number of benzene rings is 2. The highest BCUT2D eigenvalue weighted by molar-refractivity contribution is 5.43. The highest BCUT2D eigenvalue weighted by atomic mass is 16.5. The average Bonchev–Trinajstić information content (AvgIpc) is 2.63. The summed E-state index contributed by atoms with van der Waals surface area (Å²) in [7, 11) is 1.97. The molecule has 0 aliphatic heterocycles. The van der Waals surface area contributed by atoms with E-state index in [1.54, 1.807) is 0 Å². The third-order valence-electron chi connectivity index (χ3n) is 4.96. The van der Waals surface area contributed by atoms with Crippen LogP contribution in [-0.2, 0) is 6.42 Å². The summed E-state index contributed by atoms with van der Waals surface area (Å²) >= 11 is 0. The van der Waals surface area contributed by atoms with Crippen molar-refractivity contribution in [1.82, 2.24) is 0 Å². The van der Waals surface area contributed by atoms with E-state index in [4.69, 9.17) is 4.74 Å². The molecule has 1 aliphatic rings. The van der Waals surface area contributed by atoms with Crippen molar-refractivity contribution >= 4 is 5.69 Å². The van der Waals surface area contributed by atoms with E-state index in [1.165, 1.54) is 43.4 Å². The molecule has 0 spiro atoms. The van der Waals surface area contributed by atoms with Gasteiger partial charge in [-0.2, -0.15) is 0 Å². The van der Waals surface area contributed by atoms with Crippen LogP contribution >= 0.6 is 0 Å². The van der Waals surface area contributed by atoms with Gasteiger partial charge in [0.15, 0.2) is 0 Å². The standard InChI is InChI=1S/C21H27NO/c1-22-20-13-11-18(12-14-20)15-17-7-9-19(10-8-17)16-23-21-5-3-2-4-6-21/h2-6,11-14,17,19,22H,7-10,15-16H2,1H3. The molecule has 1 saturated carbocycles. The molecule has 2 heteroatoms. The normalized spacial score (nSPS) is 20.9. The van der Waals surface area contributed by atoms with Gasteiger partial charge in [0.2, 0.25) is 0 Å². The van der Waals surface area contributed by atoms with Gasteiger partial charge in [-0.15, -0.1) is 0 Å². The molecule has 23 heavy (non-hydrogen) atoms. The molecule has 1 fully saturated rings. The number of rotatable bonds is 6. The molecule has 122 valence electrons. The number of para-hydroxylation sites is 1. The summed E-state index contributed by atoms with van der Waals surface area (Å²) < 4.78 is 5.92. The molecule has 1 aliphatic carbocycles. The molecule has 0 bridgehead atoms. The lowest BCUT2D eigenvalue weighted by Gasteiger charge is -2.28. The van der Waals surface area contributed by atoms with Crippen LogP contribution < -0.4 is 10.1 Å². The van der Waals surface area contributed by atoms with Crippen molar-refractivity contribution in [3.05, 3.63) is 60.2 Å². The minimum Gasteiger partial charge on any atom is -0.493 e. The highest BCUT2D eigenvalue weighted by Crippen LogP contribution is 2.31. The van der Waals surface area contributed by atoms with Gasteiger partial charge in [0, 0.05) is 12.7 Å². The SMILES string of the molecule is CNc1ccc(CC2CCC(COc3ccccc3)CC2)cc1. The molecule has 2 aromatic carbocycles. The Balaban J connectivity index is 1.41. The number of hydrogen-bond donors (Lipinski definition) is 1. The van der Waals surface area contributed by atoms with Gasteiger partial charge in [-0.05, 0) is 73.8 Å². The van der Waals surface area contributed by atoms with E-state index in [0.717, 1.165) is 24.2 Å². The molecule has 0 heterocycles. The number of anilines is 1. The zero-order valence-corrected chi connectivity index (χ0v) is 14.0. The van der Waals surface area contributed by atoms with E-state index >= 15 is 0 Å². The van der Waals surface area contributed by atoms with Crippen LogP contribution in [0.25, 0.3) is 0 Å². The van der Waals surface area contributed by atoms with Crippen molar-refractivity contribution in [2.45, 2.75) is 32.1 Å². The molecular formula is C21H27NO. The first kappa shape index (κ1) is 15.9. The first-order valence-electron chi connectivity index (χ1n) is 8.78. The quantitative estimate of drug-likeness (QED) is 0.796. The van der Waals surface area contributed by atoms with Gasteiger partial charge in [-0.1, -0.05) is 30.3 Å². The summed E-state index contributed by atoms with van der Waals surface area (Å²) in [5.74, 6) is 2.56. The van der Waals surface area contributed by atoms with E-state index in [2.05, 4.69) is 29.6 Å². The maximum Gasteiger partial charge on any atom is 0.119 e. The smallest absolute Gasteiger partial charge is 0.119 e. The van der Waals surface area contributed by atoms with Crippen LogP contribution in [0.4, 0.5) is 5.69 Å². The first-order valence-corrected chi connectivity index (χ1v) is 8.78. The monoisotopic (exact) mass is 309 g/mol. The Bertz CT molecular complexity index is 571. The first-order chi connectivity index (χ1) is 11.3.